The van der Waals surface area contributed by atoms with Gasteiger partial charge in [0.2, 0.25) is 0 Å². The van der Waals surface area contributed by atoms with Crippen LogP contribution >= 0.6 is 12.6 Å². The minimum atomic E-state index is -2.85. The smallest absolute Gasteiger partial charge is 0.338 e. The molecule has 0 unspecified atom stereocenters. The van der Waals surface area contributed by atoms with Crippen molar-refractivity contribution in [3.05, 3.63) is 28.8 Å². The first kappa shape index (κ1) is 12.5. The lowest BCUT2D eigenvalue weighted by Gasteiger charge is -2.08. The second kappa shape index (κ2) is 4.94. The van der Waals surface area contributed by atoms with Crippen molar-refractivity contribution in [1.82, 2.24) is 0 Å². The van der Waals surface area contributed by atoms with Crippen LogP contribution in [0.5, 0.6) is 0 Å². The lowest BCUT2D eigenvalue weighted by molar-refractivity contribution is 0.0589. The Morgan fingerprint density at radius 2 is 2.19 bits per heavy atom. The van der Waals surface area contributed by atoms with Crippen LogP contribution in [0.25, 0.3) is 0 Å². The summed E-state index contributed by atoms with van der Waals surface area (Å²) in [5.41, 5.74) is -0.811. The second-order valence-corrected chi connectivity index (χ2v) is 3.34. The molecule has 0 aromatic heterocycles. The van der Waals surface area contributed by atoms with E-state index in [2.05, 4.69) is 17.4 Å². The average Bonchev–Trinajstić information content (AvgIpc) is 2.27. The largest absolute Gasteiger partial charge is 0.465 e. The van der Waals surface area contributed by atoms with E-state index >= 15 is 0 Å². The van der Waals surface area contributed by atoms with Crippen LogP contribution in [0, 0.1) is 11.3 Å². The average molecular weight is 243 g/mol. The van der Waals surface area contributed by atoms with Crippen LogP contribution in [-0.4, -0.2) is 13.1 Å². The number of hydrogen-bond donors (Lipinski definition) is 1. The van der Waals surface area contributed by atoms with Gasteiger partial charge >= 0.3 is 5.97 Å². The van der Waals surface area contributed by atoms with Gasteiger partial charge in [-0.15, -0.1) is 12.6 Å². The van der Waals surface area contributed by atoms with Crippen molar-refractivity contribution in [3.63, 3.8) is 0 Å². The monoisotopic (exact) mass is 243 g/mol. The molecule has 0 bridgehead atoms. The summed E-state index contributed by atoms with van der Waals surface area (Å²) < 4.78 is 29.6. The van der Waals surface area contributed by atoms with Crippen LogP contribution < -0.4 is 0 Å². The molecular weight excluding hydrogens is 236 g/mol. The summed E-state index contributed by atoms with van der Waals surface area (Å²) in [7, 11) is 1.09. The van der Waals surface area contributed by atoms with Crippen LogP contribution in [0.2, 0.25) is 0 Å². The van der Waals surface area contributed by atoms with E-state index in [9.17, 15) is 13.6 Å². The van der Waals surface area contributed by atoms with E-state index in [0.717, 1.165) is 19.2 Å². The molecule has 16 heavy (non-hydrogen) atoms. The third-order valence-electron chi connectivity index (χ3n) is 1.93. The Hall–Kier alpha value is -1.61. The minimum Gasteiger partial charge on any atom is -0.465 e. The molecule has 6 heteroatoms. The molecule has 0 saturated heterocycles. The lowest BCUT2D eigenvalue weighted by Crippen LogP contribution is -2.07. The Bertz CT molecular complexity index is 469. The molecule has 0 atom stereocenters. The Balaban J connectivity index is 3.43. The maximum Gasteiger partial charge on any atom is 0.338 e. The minimum absolute atomic E-state index is 0.00807. The van der Waals surface area contributed by atoms with E-state index in [0.29, 0.717) is 0 Å². The van der Waals surface area contributed by atoms with Crippen molar-refractivity contribution in [2.24, 2.45) is 0 Å². The number of methoxy groups -OCH3 is 1. The van der Waals surface area contributed by atoms with Crippen molar-refractivity contribution in [2.75, 3.05) is 7.11 Å². The first-order valence-electron chi connectivity index (χ1n) is 4.14. The summed E-state index contributed by atoms with van der Waals surface area (Å²) in [5, 5.41) is 8.65. The van der Waals surface area contributed by atoms with Crippen molar-refractivity contribution >= 4 is 18.6 Å². The predicted octanol–water partition coefficient (Wildman–Crippen LogP) is 2.57. The zero-order chi connectivity index (χ0) is 12.3. The fraction of sp³-hybridized carbons (Fsp3) is 0.200. The predicted molar refractivity (Wildman–Crippen MR) is 54.7 cm³/mol. The van der Waals surface area contributed by atoms with E-state index in [-0.39, 0.29) is 16.0 Å². The van der Waals surface area contributed by atoms with E-state index in [1.807, 2.05) is 0 Å². The van der Waals surface area contributed by atoms with Gasteiger partial charge in [-0.1, -0.05) is 0 Å². The molecule has 0 heterocycles. The normalized spacial score (nSPS) is 10.0. The molecule has 0 radical (unpaired) electrons. The zero-order valence-corrected chi connectivity index (χ0v) is 9.09. The zero-order valence-electron chi connectivity index (χ0n) is 8.20. The Morgan fingerprint density at radius 3 is 2.62 bits per heavy atom. The number of rotatable bonds is 2. The Morgan fingerprint density at radius 1 is 1.56 bits per heavy atom. The van der Waals surface area contributed by atoms with Gasteiger partial charge in [0.25, 0.3) is 6.43 Å². The van der Waals surface area contributed by atoms with Gasteiger partial charge in [0, 0.05) is 10.5 Å². The number of nitrogens with zero attached hydrogens (tertiary/aromatic N) is 1. The fourth-order valence-electron chi connectivity index (χ4n) is 1.16. The molecular formula is C10H7F2NO2S. The van der Waals surface area contributed by atoms with E-state index in [4.69, 9.17) is 5.26 Å². The maximum atomic E-state index is 12.6. The third-order valence-corrected chi connectivity index (χ3v) is 2.30. The lowest BCUT2D eigenvalue weighted by atomic mass is 10.0. The number of carbonyl (C=O) groups is 1. The van der Waals surface area contributed by atoms with Gasteiger partial charge < -0.3 is 4.74 Å². The van der Waals surface area contributed by atoms with Crippen molar-refractivity contribution in [2.45, 2.75) is 11.3 Å². The van der Waals surface area contributed by atoms with Gasteiger partial charge in [-0.05, 0) is 12.1 Å². The van der Waals surface area contributed by atoms with Crippen LogP contribution in [0.1, 0.15) is 27.9 Å². The molecule has 1 aromatic rings. The van der Waals surface area contributed by atoms with Gasteiger partial charge in [-0.25, -0.2) is 13.6 Å². The summed E-state index contributed by atoms with van der Waals surface area (Å²) in [5.74, 6) is -0.880. The van der Waals surface area contributed by atoms with Crippen LogP contribution in [0.4, 0.5) is 8.78 Å². The number of nitriles is 1. The molecule has 1 rings (SSSR count). The van der Waals surface area contributed by atoms with Crippen molar-refractivity contribution in [1.29, 1.82) is 5.26 Å². The first-order chi connectivity index (χ1) is 7.51. The van der Waals surface area contributed by atoms with Gasteiger partial charge in [-0.3, -0.25) is 0 Å². The Kier molecular flexibility index (Phi) is 3.85. The quantitative estimate of drug-likeness (QED) is 0.641. The molecule has 84 valence electrons. The van der Waals surface area contributed by atoms with Crippen molar-refractivity contribution < 1.29 is 18.3 Å². The van der Waals surface area contributed by atoms with Crippen LogP contribution in [0.3, 0.4) is 0 Å². The summed E-state index contributed by atoms with van der Waals surface area (Å²) in [6, 6.07) is 3.76. The molecule has 0 aliphatic rings. The first-order valence-corrected chi connectivity index (χ1v) is 4.59. The number of hydrogen-bond acceptors (Lipinski definition) is 4. The number of esters is 1. The highest BCUT2D eigenvalue weighted by atomic mass is 32.1. The summed E-state index contributed by atoms with van der Waals surface area (Å²) >= 11 is 3.92. The number of benzene rings is 1. The molecule has 3 nitrogen and oxygen atoms in total. The van der Waals surface area contributed by atoms with Gasteiger partial charge in [0.05, 0.1) is 18.2 Å². The molecule has 0 aliphatic heterocycles. The van der Waals surface area contributed by atoms with Crippen molar-refractivity contribution in [3.8, 4) is 6.07 Å². The van der Waals surface area contributed by atoms with Gasteiger partial charge in [-0.2, -0.15) is 5.26 Å². The van der Waals surface area contributed by atoms with E-state index in [1.54, 1.807) is 6.07 Å². The van der Waals surface area contributed by atoms with Crippen LogP contribution in [-0.2, 0) is 4.74 Å². The van der Waals surface area contributed by atoms with Crippen LogP contribution in [0.15, 0.2) is 17.0 Å². The molecule has 0 saturated carbocycles. The highest BCUT2D eigenvalue weighted by Crippen LogP contribution is 2.28. The second-order valence-electron chi connectivity index (χ2n) is 2.86. The highest BCUT2D eigenvalue weighted by molar-refractivity contribution is 7.80. The topological polar surface area (TPSA) is 50.1 Å². The molecule has 0 aliphatic carbocycles. The summed E-state index contributed by atoms with van der Waals surface area (Å²) in [6.07, 6.45) is -2.85. The molecule has 0 amide bonds. The van der Waals surface area contributed by atoms with E-state index in [1.165, 1.54) is 0 Å². The number of carbonyl (C=O) groups excluding carboxylic acids is 1. The molecule has 1 aromatic carbocycles. The van der Waals surface area contributed by atoms with E-state index < -0.39 is 18.0 Å². The standard InChI is InChI=1S/C10H7F2NO2S/c1-15-10(14)7-3-8(16)5(4-13)2-6(7)9(11)12/h2-3,9,16H,1H3. The fourth-order valence-corrected chi connectivity index (χ4v) is 1.41. The third kappa shape index (κ3) is 2.31. The SMILES string of the molecule is COC(=O)c1cc(S)c(C#N)cc1C(F)F. The molecule has 0 fully saturated rings. The Labute approximate surface area is 96.0 Å². The molecule has 0 spiro atoms. The number of thiol groups is 1. The number of halogens is 2. The van der Waals surface area contributed by atoms with Gasteiger partial charge in [0.15, 0.2) is 0 Å². The summed E-state index contributed by atoms with van der Waals surface area (Å²) in [4.78, 5) is 11.4. The highest BCUT2D eigenvalue weighted by Gasteiger charge is 2.21. The van der Waals surface area contributed by atoms with Gasteiger partial charge in [0.1, 0.15) is 6.07 Å². The maximum absolute atomic E-state index is 12.6. The molecule has 0 N–H and O–H groups in total. The number of ether oxygens (including phenoxy) is 1. The summed E-state index contributed by atoms with van der Waals surface area (Å²) in [6.45, 7) is 0. The number of alkyl halides is 2.